The second-order valence-electron chi connectivity index (χ2n) is 5.61. The number of ether oxygens (including phenoxy) is 1. The van der Waals surface area contributed by atoms with Gasteiger partial charge in [-0.3, -0.25) is 9.69 Å². The van der Waals surface area contributed by atoms with Gasteiger partial charge in [-0.05, 0) is 25.0 Å². The number of morpholine rings is 1. The van der Waals surface area contributed by atoms with Crippen molar-refractivity contribution in [3.05, 3.63) is 29.8 Å². The number of nitrogens with two attached hydrogens (primary N) is 1. The summed E-state index contributed by atoms with van der Waals surface area (Å²) in [6.07, 6.45) is 1.17. The standard InChI is InChI=1S/C16H25N3O2.2ClH/c1-13(17)6-7-16(20)18-15-5-3-2-4-14(15)12-19-8-10-21-11-9-19;;/h2-5,13H,6-12,17H2,1H3,(H,18,20);2*1H. The zero-order valence-corrected chi connectivity index (χ0v) is 15.1. The van der Waals surface area contributed by atoms with Gasteiger partial charge in [0.1, 0.15) is 0 Å². The highest BCUT2D eigenvalue weighted by atomic mass is 35.5. The van der Waals surface area contributed by atoms with Gasteiger partial charge in [0.2, 0.25) is 5.91 Å². The number of rotatable bonds is 6. The molecule has 132 valence electrons. The molecule has 3 N–H and O–H groups in total. The van der Waals surface area contributed by atoms with Crippen molar-refractivity contribution in [3.8, 4) is 0 Å². The third-order valence-electron chi connectivity index (χ3n) is 3.62. The summed E-state index contributed by atoms with van der Waals surface area (Å²) in [4.78, 5) is 14.3. The Morgan fingerprint density at radius 1 is 1.30 bits per heavy atom. The van der Waals surface area contributed by atoms with Gasteiger partial charge in [-0.25, -0.2) is 0 Å². The van der Waals surface area contributed by atoms with Crippen molar-refractivity contribution >= 4 is 36.4 Å². The number of carbonyl (C=O) groups is 1. The van der Waals surface area contributed by atoms with Crippen molar-refractivity contribution in [2.45, 2.75) is 32.4 Å². The predicted molar refractivity (Wildman–Crippen MR) is 98.5 cm³/mol. The van der Waals surface area contributed by atoms with Crippen LogP contribution in [0.5, 0.6) is 0 Å². The molecule has 2 rings (SSSR count). The fourth-order valence-electron chi connectivity index (χ4n) is 2.35. The molecule has 1 aliphatic rings. The Morgan fingerprint density at radius 3 is 2.61 bits per heavy atom. The average Bonchev–Trinajstić information content (AvgIpc) is 2.48. The van der Waals surface area contributed by atoms with Crippen LogP contribution in [0.2, 0.25) is 0 Å². The van der Waals surface area contributed by atoms with Crippen molar-refractivity contribution in [2.75, 3.05) is 31.6 Å². The highest BCUT2D eigenvalue weighted by Gasteiger charge is 2.13. The van der Waals surface area contributed by atoms with Crippen LogP contribution in [0.3, 0.4) is 0 Å². The number of amides is 1. The van der Waals surface area contributed by atoms with Crippen LogP contribution in [0.15, 0.2) is 24.3 Å². The van der Waals surface area contributed by atoms with Crippen LogP contribution in [0.1, 0.15) is 25.3 Å². The summed E-state index contributed by atoms with van der Waals surface area (Å²) in [5.41, 5.74) is 7.74. The molecule has 1 aromatic rings. The molecule has 1 fully saturated rings. The molecule has 1 aromatic carbocycles. The van der Waals surface area contributed by atoms with Crippen molar-refractivity contribution in [1.29, 1.82) is 0 Å². The lowest BCUT2D eigenvalue weighted by molar-refractivity contribution is -0.116. The molecule has 23 heavy (non-hydrogen) atoms. The summed E-state index contributed by atoms with van der Waals surface area (Å²) in [5.74, 6) is 0.0294. The first-order chi connectivity index (χ1) is 10.1. The third kappa shape index (κ3) is 7.99. The number of halogens is 2. The van der Waals surface area contributed by atoms with Crippen LogP contribution < -0.4 is 11.1 Å². The van der Waals surface area contributed by atoms with Gasteiger partial charge in [0.05, 0.1) is 13.2 Å². The van der Waals surface area contributed by atoms with Crippen LogP contribution >= 0.6 is 24.8 Å². The minimum Gasteiger partial charge on any atom is -0.379 e. The molecule has 1 amide bonds. The summed E-state index contributed by atoms with van der Waals surface area (Å²) in [5, 5.41) is 3.00. The summed E-state index contributed by atoms with van der Waals surface area (Å²) in [7, 11) is 0. The zero-order valence-electron chi connectivity index (χ0n) is 13.5. The van der Waals surface area contributed by atoms with Crippen LogP contribution in [-0.4, -0.2) is 43.2 Å². The largest absolute Gasteiger partial charge is 0.379 e. The summed E-state index contributed by atoms with van der Waals surface area (Å²) in [6, 6.07) is 8.03. The number of hydrogen-bond acceptors (Lipinski definition) is 4. The van der Waals surface area contributed by atoms with E-state index < -0.39 is 0 Å². The molecule has 0 aromatic heterocycles. The van der Waals surface area contributed by atoms with Crippen LogP contribution in [-0.2, 0) is 16.1 Å². The van der Waals surface area contributed by atoms with E-state index in [4.69, 9.17) is 10.5 Å². The number of hydrogen-bond donors (Lipinski definition) is 2. The van der Waals surface area contributed by atoms with Gasteiger partial charge in [-0.15, -0.1) is 24.8 Å². The number of benzene rings is 1. The van der Waals surface area contributed by atoms with Gasteiger partial charge in [-0.2, -0.15) is 0 Å². The van der Waals surface area contributed by atoms with Crippen molar-refractivity contribution in [2.24, 2.45) is 5.73 Å². The molecule has 0 bridgehead atoms. The molecule has 1 aliphatic heterocycles. The molecular formula is C16H27Cl2N3O2. The number of para-hydroxylation sites is 1. The van der Waals surface area contributed by atoms with E-state index in [-0.39, 0.29) is 36.8 Å². The van der Waals surface area contributed by atoms with Crippen molar-refractivity contribution < 1.29 is 9.53 Å². The molecule has 0 radical (unpaired) electrons. The lowest BCUT2D eigenvalue weighted by atomic mass is 10.1. The molecule has 1 atom stereocenters. The van der Waals surface area contributed by atoms with E-state index in [9.17, 15) is 4.79 Å². The van der Waals surface area contributed by atoms with E-state index >= 15 is 0 Å². The number of carbonyl (C=O) groups excluding carboxylic acids is 1. The summed E-state index contributed by atoms with van der Waals surface area (Å²) >= 11 is 0. The Balaban J connectivity index is 0.00000242. The van der Waals surface area contributed by atoms with E-state index in [0.29, 0.717) is 12.8 Å². The van der Waals surface area contributed by atoms with Gasteiger partial charge in [0, 0.05) is 37.8 Å². The molecule has 5 nitrogen and oxygen atoms in total. The predicted octanol–water partition coefficient (Wildman–Crippen LogP) is 2.43. The SMILES string of the molecule is CC(N)CCC(=O)Nc1ccccc1CN1CCOCC1.Cl.Cl. The van der Waals surface area contributed by atoms with E-state index in [1.807, 2.05) is 25.1 Å². The Morgan fingerprint density at radius 2 is 1.96 bits per heavy atom. The highest BCUT2D eigenvalue weighted by Crippen LogP contribution is 2.18. The average molecular weight is 364 g/mol. The lowest BCUT2D eigenvalue weighted by Gasteiger charge is -2.27. The van der Waals surface area contributed by atoms with E-state index in [1.165, 1.54) is 0 Å². The van der Waals surface area contributed by atoms with Crippen molar-refractivity contribution in [3.63, 3.8) is 0 Å². The molecule has 0 aliphatic carbocycles. The molecule has 1 saturated heterocycles. The Labute approximate surface area is 150 Å². The first-order valence-corrected chi connectivity index (χ1v) is 7.58. The van der Waals surface area contributed by atoms with Crippen molar-refractivity contribution in [1.82, 2.24) is 4.90 Å². The molecule has 1 heterocycles. The van der Waals surface area contributed by atoms with Gasteiger partial charge in [-0.1, -0.05) is 18.2 Å². The molecule has 0 saturated carbocycles. The number of nitrogens with zero attached hydrogens (tertiary/aromatic N) is 1. The van der Waals surface area contributed by atoms with E-state index in [2.05, 4.69) is 16.3 Å². The highest BCUT2D eigenvalue weighted by molar-refractivity contribution is 5.91. The fourth-order valence-corrected chi connectivity index (χ4v) is 2.35. The molecular weight excluding hydrogens is 337 g/mol. The normalized spacial score (nSPS) is 15.9. The van der Waals surface area contributed by atoms with Gasteiger partial charge < -0.3 is 15.8 Å². The third-order valence-corrected chi connectivity index (χ3v) is 3.62. The molecule has 0 spiro atoms. The minimum absolute atomic E-state index is 0. The summed E-state index contributed by atoms with van der Waals surface area (Å²) < 4.78 is 5.36. The first-order valence-electron chi connectivity index (χ1n) is 7.58. The lowest BCUT2D eigenvalue weighted by Crippen LogP contribution is -2.35. The number of anilines is 1. The minimum atomic E-state index is 0. The summed E-state index contributed by atoms with van der Waals surface area (Å²) in [6.45, 7) is 6.19. The van der Waals surface area contributed by atoms with Gasteiger partial charge >= 0.3 is 0 Å². The first kappa shape index (κ1) is 22.1. The van der Waals surface area contributed by atoms with E-state index in [0.717, 1.165) is 44.1 Å². The number of nitrogens with one attached hydrogen (secondary N) is 1. The topological polar surface area (TPSA) is 67.6 Å². The van der Waals surface area contributed by atoms with Gasteiger partial charge in [0.15, 0.2) is 0 Å². The maximum Gasteiger partial charge on any atom is 0.224 e. The van der Waals surface area contributed by atoms with Crippen LogP contribution in [0.25, 0.3) is 0 Å². The smallest absolute Gasteiger partial charge is 0.224 e. The van der Waals surface area contributed by atoms with Crippen LogP contribution in [0, 0.1) is 0 Å². The second-order valence-corrected chi connectivity index (χ2v) is 5.61. The maximum absolute atomic E-state index is 12.0. The van der Waals surface area contributed by atoms with Gasteiger partial charge in [0.25, 0.3) is 0 Å². The Hall–Kier alpha value is -0.850. The monoisotopic (exact) mass is 363 g/mol. The quantitative estimate of drug-likeness (QED) is 0.814. The second kappa shape index (κ2) is 11.6. The van der Waals surface area contributed by atoms with E-state index in [1.54, 1.807) is 0 Å². The Kier molecular flexibility index (Phi) is 11.2. The molecule has 7 heteroatoms. The fraction of sp³-hybridized carbons (Fsp3) is 0.562. The zero-order chi connectivity index (χ0) is 15.1. The molecule has 1 unspecified atom stereocenters. The Bertz CT molecular complexity index is 466. The maximum atomic E-state index is 12.0. The van der Waals surface area contributed by atoms with Crippen LogP contribution in [0.4, 0.5) is 5.69 Å².